The van der Waals surface area contributed by atoms with Gasteiger partial charge in [-0.3, -0.25) is 4.68 Å². The lowest BCUT2D eigenvalue weighted by Gasteiger charge is -2.22. The Morgan fingerprint density at radius 1 is 1.47 bits per heavy atom. The molecule has 2 rings (SSSR count). The molecule has 5 nitrogen and oxygen atoms in total. The topological polar surface area (TPSA) is 64.4 Å². The van der Waals surface area contributed by atoms with Crippen molar-refractivity contribution in [2.24, 2.45) is 5.92 Å². The number of aromatic carboxylic acids is 1. The van der Waals surface area contributed by atoms with Gasteiger partial charge in [0, 0.05) is 19.8 Å². The fourth-order valence-corrected chi connectivity index (χ4v) is 2.36. The molecular weight excluding hydrogens is 220 g/mol. The van der Waals surface area contributed by atoms with Crippen LogP contribution in [0.5, 0.6) is 0 Å². The number of hydrogen-bond acceptors (Lipinski definition) is 3. The molecule has 1 fully saturated rings. The van der Waals surface area contributed by atoms with Crippen molar-refractivity contribution in [3.63, 3.8) is 0 Å². The molecule has 0 bridgehead atoms. The zero-order chi connectivity index (χ0) is 12.4. The molecule has 0 aliphatic carbocycles. The van der Waals surface area contributed by atoms with Crippen LogP contribution in [0.25, 0.3) is 0 Å². The van der Waals surface area contributed by atoms with Crippen LogP contribution in [-0.2, 0) is 11.3 Å². The number of nitrogens with zero attached hydrogens (tertiary/aromatic N) is 2. The van der Waals surface area contributed by atoms with Gasteiger partial charge in [-0.2, -0.15) is 5.10 Å². The van der Waals surface area contributed by atoms with E-state index in [1.54, 1.807) is 6.92 Å². The van der Waals surface area contributed by atoms with E-state index in [0.29, 0.717) is 17.2 Å². The van der Waals surface area contributed by atoms with Gasteiger partial charge in [0.25, 0.3) is 0 Å². The van der Waals surface area contributed by atoms with Gasteiger partial charge < -0.3 is 9.84 Å². The van der Waals surface area contributed by atoms with Crippen LogP contribution < -0.4 is 0 Å². The summed E-state index contributed by atoms with van der Waals surface area (Å²) in [7, 11) is 0. The molecule has 17 heavy (non-hydrogen) atoms. The van der Waals surface area contributed by atoms with Crippen LogP contribution in [0.1, 0.15) is 34.6 Å². The highest BCUT2D eigenvalue weighted by molar-refractivity contribution is 5.90. The predicted octanol–water partition coefficient (Wildman–Crippen LogP) is 1.62. The average molecular weight is 238 g/mol. The Balaban J connectivity index is 2.15. The maximum Gasteiger partial charge on any atom is 0.339 e. The Kier molecular flexibility index (Phi) is 3.47. The number of aryl methyl sites for hydroxylation is 1. The monoisotopic (exact) mass is 238 g/mol. The van der Waals surface area contributed by atoms with Gasteiger partial charge in [-0.25, -0.2) is 4.79 Å². The molecule has 1 saturated heterocycles. The lowest BCUT2D eigenvalue weighted by atomic mass is 10.0. The number of hydrogen-bond donors (Lipinski definition) is 1. The lowest BCUT2D eigenvalue weighted by molar-refractivity contribution is 0.0598. The van der Waals surface area contributed by atoms with E-state index in [4.69, 9.17) is 9.84 Å². The molecular formula is C12H18N2O3. The fraction of sp³-hybridized carbons (Fsp3) is 0.667. The zero-order valence-electron chi connectivity index (χ0n) is 10.3. The highest BCUT2D eigenvalue weighted by Gasteiger charge is 2.20. The second-order valence-electron chi connectivity index (χ2n) is 4.59. The van der Waals surface area contributed by atoms with Crippen molar-refractivity contribution in [2.45, 2.75) is 33.2 Å². The van der Waals surface area contributed by atoms with E-state index in [1.165, 1.54) is 0 Å². The smallest absolute Gasteiger partial charge is 0.339 e. The standard InChI is InChI=1S/C12H18N2O3/c1-8-11(12(15)16)9(2)14(13-8)7-10-3-5-17-6-4-10/h10H,3-7H2,1-2H3,(H,15,16). The normalized spacial score (nSPS) is 17.3. The first-order chi connectivity index (χ1) is 8.09. The van der Waals surface area contributed by atoms with E-state index in [9.17, 15) is 4.79 Å². The first-order valence-electron chi connectivity index (χ1n) is 5.94. The van der Waals surface area contributed by atoms with E-state index in [1.807, 2.05) is 11.6 Å². The molecule has 0 aromatic carbocycles. The first-order valence-corrected chi connectivity index (χ1v) is 5.94. The van der Waals surface area contributed by atoms with Crippen LogP contribution in [0, 0.1) is 19.8 Å². The Labute approximate surface area is 100 Å². The van der Waals surface area contributed by atoms with Crippen molar-refractivity contribution >= 4 is 5.97 Å². The second-order valence-corrected chi connectivity index (χ2v) is 4.59. The number of carboxylic acid groups (broad SMARTS) is 1. The second kappa shape index (κ2) is 4.87. The minimum atomic E-state index is -0.891. The molecule has 1 aliphatic heterocycles. The van der Waals surface area contributed by atoms with E-state index >= 15 is 0 Å². The number of carboxylic acids is 1. The SMILES string of the molecule is Cc1nn(CC2CCOCC2)c(C)c1C(=O)O. The first kappa shape index (κ1) is 12.1. The van der Waals surface area contributed by atoms with Crippen LogP contribution in [0.15, 0.2) is 0 Å². The molecule has 1 N–H and O–H groups in total. The summed E-state index contributed by atoms with van der Waals surface area (Å²) in [5, 5.41) is 13.4. The summed E-state index contributed by atoms with van der Waals surface area (Å²) in [6.45, 7) is 5.97. The average Bonchev–Trinajstić information content (AvgIpc) is 2.55. The molecule has 5 heteroatoms. The summed E-state index contributed by atoms with van der Waals surface area (Å²) in [5.74, 6) is -0.346. The summed E-state index contributed by atoms with van der Waals surface area (Å²) in [4.78, 5) is 11.1. The van der Waals surface area contributed by atoms with Gasteiger partial charge >= 0.3 is 5.97 Å². The molecule has 0 radical (unpaired) electrons. The highest BCUT2D eigenvalue weighted by Crippen LogP contribution is 2.20. The third kappa shape index (κ3) is 2.49. The molecule has 94 valence electrons. The molecule has 2 heterocycles. The van der Waals surface area contributed by atoms with Crippen molar-refractivity contribution in [1.82, 2.24) is 9.78 Å². The van der Waals surface area contributed by atoms with Crippen molar-refractivity contribution in [3.8, 4) is 0 Å². The van der Waals surface area contributed by atoms with Crippen molar-refractivity contribution in [1.29, 1.82) is 0 Å². The van der Waals surface area contributed by atoms with E-state index in [2.05, 4.69) is 5.10 Å². The van der Waals surface area contributed by atoms with Crippen LogP contribution in [0.3, 0.4) is 0 Å². The number of rotatable bonds is 3. The van der Waals surface area contributed by atoms with E-state index in [-0.39, 0.29) is 0 Å². The molecule has 0 amide bonds. The van der Waals surface area contributed by atoms with Gasteiger partial charge in [0.1, 0.15) is 5.56 Å². The minimum Gasteiger partial charge on any atom is -0.478 e. The summed E-state index contributed by atoms with van der Waals surface area (Å²) >= 11 is 0. The lowest BCUT2D eigenvalue weighted by Crippen LogP contribution is -2.21. The minimum absolute atomic E-state index is 0.344. The number of aromatic nitrogens is 2. The number of carbonyl (C=O) groups is 1. The Morgan fingerprint density at radius 2 is 2.12 bits per heavy atom. The quantitative estimate of drug-likeness (QED) is 0.869. The van der Waals surface area contributed by atoms with Gasteiger partial charge in [-0.05, 0) is 32.6 Å². The van der Waals surface area contributed by atoms with Crippen molar-refractivity contribution in [2.75, 3.05) is 13.2 Å². The maximum atomic E-state index is 11.1. The Hall–Kier alpha value is -1.36. The Bertz CT molecular complexity index is 420. The summed E-state index contributed by atoms with van der Waals surface area (Å²) in [6.07, 6.45) is 2.06. The molecule has 1 aliphatic rings. The molecule has 0 saturated carbocycles. The fourth-order valence-electron chi connectivity index (χ4n) is 2.36. The van der Waals surface area contributed by atoms with Crippen LogP contribution in [0.2, 0.25) is 0 Å². The zero-order valence-corrected chi connectivity index (χ0v) is 10.3. The summed E-state index contributed by atoms with van der Waals surface area (Å²) in [6, 6.07) is 0. The van der Waals surface area contributed by atoms with Crippen LogP contribution in [-0.4, -0.2) is 34.1 Å². The van der Waals surface area contributed by atoms with Crippen LogP contribution in [0.4, 0.5) is 0 Å². The molecule has 1 aromatic rings. The van der Waals surface area contributed by atoms with Gasteiger partial charge in [-0.15, -0.1) is 0 Å². The van der Waals surface area contributed by atoms with Crippen molar-refractivity contribution in [3.05, 3.63) is 17.0 Å². The highest BCUT2D eigenvalue weighted by atomic mass is 16.5. The van der Waals surface area contributed by atoms with E-state index < -0.39 is 5.97 Å². The van der Waals surface area contributed by atoms with Crippen molar-refractivity contribution < 1.29 is 14.6 Å². The third-order valence-electron chi connectivity index (χ3n) is 3.37. The molecule has 0 spiro atoms. The largest absolute Gasteiger partial charge is 0.478 e. The number of ether oxygens (including phenoxy) is 1. The van der Waals surface area contributed by atoms with Gasteiger partial charge in [-0.1, -0.05) is 0 Å². The maximum absolute atomic E-state index is 11.1. The molecule has 0 atom stereocenters. The van der Waals surface area contributed by atoms with Gasteiger partial charge in [0.2, 0.25) is 0 Å². The van der Waals surface area contributed by atoms with Gasteiger partial charge in [0.15, 0.2) is 0 Å². The summed E-state index contributed by atoms with van der Waals surface area (Å²) < 4.78 is 7.14. The van der Waals surface area contributed by atoms with Gasteiger partial charge in [0.05, 0.1) is 11.4 Å². The predicted molar refractivity (Wildman–Crippen MR) is 62.2 cm³/mol. The molecule has 0 unspecified atom stereocenters. The Morgan fingerprint density at radius 3 is 2.65 bits per heavy atom. The third-order valence-corrected chi connectivity index (χ3v) is 3.37. The molecule has 1 aromatic heterocycles. The van der Waals surface area contributed by atoms with Crippen LogP contribution >= 0.6 is 0 Å². The summed E-state index contributed by atoms with van der Waals surface area (Å²) in [5.41, 5.74) is 1.70. The van der Waals surface area contributed by atoms with E-state index in [0.717, 1.165) is 38.3 Å².